The van der Waals surface area contributed by atoms with Crippen LogP contribution >= 0.6 is 12.4 Å². The summed E-state index contributed by atoms with van der Waals surface area (Å²) in [5.41, 5.74) is 0. The summed E-state index contributed by atoms with van der Waals surface area (Å²) in [6.45, 7) is 5.93. The zero-order chi connectivity index (χ0) is 12.7. The molecular weight excluding hydrogens is 276 g/mol. The van der Waals surface area contributed by atoms with Crippen molar-refractivity contribution in [3.63, 3.8) is 0 Å². The van der Waals surface area contributed by atoms with Crippen molar-refractivity contribution < 1.29 is 13.2 Å². The number of rotatable bonds is 7. The van der Waals surface area contributed by atoms with Crippen LogP contribution < -0.4 is 10.0 Å². The van der Waals surface area contributed by atoms with Crippen molar-refractivity contribution in [1.29, 1.82) is 0 Å². The lowest BCUT2D eigenvalue weighted by molar-refractivity contribution is 0.0304. The molecule has 5 nitrogen and oxygen atoms in total. The molecular formula is C11H25ClN2O3S. The predicted molar refractivity (Wildman–Crippen MR) is 75.8 cm³/mol. The minimum absolute atomic E-state index is 0. The van der Waals surface area contributed by atoms with Crippen LogP contribution in [-0.2, 0) is 14.8 Å². The standard InChI is InChI=1S/C11H24N2O3S.ClH/c1-3-12-10(2)8-13-17(14,15)9-11-6-4-5-7-16-11;/h10-13H,3-9H2,1-2H3;1H/t10-,11?;/m1./s1. The molecule has 2 atom stereocenters. The van der Waals surface area contributed by atoms with Gasteiger partial charge in [0.25, 0.3) is 0 Å². The number of ether oxygens (including phenoxy) is 1. The molecule has 0 saturated carbocycles. The zero-order valence-electron chi connectivity index (χ0n) is 11.1. The van der Waals surface area contributed by atoms with E-state index in [-0.39, 0.29) is 30.3 Å². The third-order valence-electron chi connectivity index (χ3n) is 2.84. The Balaban J connectivity index is 0.00000289. The van der Waals surface area contributed by atoms with Crippen LogP contribution in [0.5, 0.6) is 0 Å². The lowest BCUT2D eigenvalue weighted by Gasteiger charge is -2.23. The molecule has 110 valence electrons. The molecule has 7 heteroatoms. The SMILES string of the molecule is CCN[C@H](C)CNS(=O)(=O)CC1CCCCO1.Cl. The molecule has 0 aromatic rings. The van der Waals surface area contributed by atoms with E-state index < -0.39 is 10.0 Å². The maximum absolute atomic E-state index is 11.8. The third kappa shape index (κ3) is 7.53. The van der Waals surface area contributed by atoms with Gasteiger partial charge in [-0.25, -0.2) is 13.1 Å². The van der Waals surface area contributed by atoms with E-state index in [0.717, 1.165) is 25.8 Å². The second-order valence-corrected chi connectivity index (χ2v) is 6.43. The summed E-state index contributed by atoms with van der Waals surface area (Å²) in [5, 5.41) is 3.16. The van der Waals surface area contributed by atoms with E-state index in [2.05, 4.69) is 10.0 Å². The zero-order valence-corrected chi connectivity index (χ0v) is 12.8. The molecule has 1 fully saturated rings. The Morgan fingerprint density at radius 3 is 2.67 bits per heavy atom. The van der Waals surface area contributed by atoms with Gasteiger partial charge in [-0.1, -0.05) is 6.92 Å². The van der Waals surface area contributed by atoms with Crippen LogP contribution in [0.4, 0.5) is 0 Å². The molecule has 0 aromatic carbocycles. The molecule has 0 spiro atoms. The van der Waals surface area contributed by atoms with Crippen LogP contribution in [0.25, 0.3) is 0 Å². The molecule has 2 N–H and O–H groups in total. The van der Waals surface area contributed by atoms with Gasteiger partial charge in [0.2, 0.25) is 10.0 Å². The Hall–Kier alpha value is 0.120. The van der Waals surface area contributed by atoms with E-state index in [1.807, 2.05) is 13.8 Å². The molecule has 18 heavy (non-hydrogen) atoms. The Morgan fingerprint density at radius 2 is 2.11 bits per heavy atom. The topological polar surface area (TPSA) is 67.4 Å². The minimum Gasteiger partial charge on any atom is -0.377 e. The maximum atomic E-state index is 11.8. The molecule has 1 aliphatic heterocycles. The molecule has 1 aliphatic rings. The first-order chi connectivity index (χ1) is 8.03. The Labute approximate surface area is 117 Å². The van der Waals surface area contributed by atoms with Gasteiger partial charge in [-0.05, 0) is 32.7 Å². The molecule has 1 rings (SSSR count). The van der Waals surface area contributed by atoms with Gasteiger partial charge >= 0.3 is 0 Å². The lowest BCUT2D eigenvalue weighted by atomic mass is 10.1. The highest BCUT2D eigenvalue weighted by molar-refractivity contribution is 7.89. The average Bonchev–Trinajstić information content (AvgIpc) is 2.28. The van der Waals surface area contributed by atoms with Crippen molar-refractivity contribution in [2.24, 2.45) is 0 Å². The largest absolute Gasteiger partial charge is 0.377 e. The fourth-order valence-corrected chi connectivity index (χ4v) is 3.29. The first kappa shape index (κ1) is 18.1. The number of likely N-dealkylation sites (N-methyl/N-ethyl adjacent to an activating group) is 1. The number of halogens is 1. The highest BCUT2D eigenvalue weighted by atomic mass is 35.5. The van der Waals surface area contributed by atoms with Crippen molar-refractivity contribution in [3.05, 3.63) is 0 Å². The van der Waals surface area contributed by atoms with Crippen LogP contribution in [0.1, 0.15) is 33.1 Å². The van der Waals surface area contributed by atoms with Gasteiger partial charge in [0.1, 0.15) is 0 Å². The first-order valence-corrected chi connectivity index (χ1v) is 8.01. The lowest BCUT2D eigenvalue weighted by Crippen LogP contribution is -2.42. The number of sulfonamides is 1. The average molecular weight is 301 g/mol. The van der Waals surface area contributed by atoms with E-state index in [1.54, 1.807) is 0 Å². The van der Waals surface area contributed by atoms with Crippen molar-refractivity contribution >= 4 is 22.4 Å². The molecule has 0 radical (unpaired) electrons. The highest BCUT2D eigenvalue weighted by Crippen LogP contribution is 2.13. The maximum Gasteiger partial charge on any atom is 0.214 e. The summed E-state index contributed by atoms with van der Waals surface area (Å²) < 4.78 is 31.6. The van der Waals surface area contributed by atoms with E-state index in [0.29, 0.717) is 13.2 Å². The Kier molecular flexibility index (Phi) is 9.15. The molecule has 0 aromatic heterocycles. The summed E-state index contributed by atoms with van der Waals surface area (Å²) in [7, 11) is -3.21. The summed E-state index contributed by atoms with van der Waals surface area (Å²) in [6, 6.07) is 0.155. The van der Waals surface area contributed by atoms with Gasteiger partial charge < -0.3 is 10.1 Å². The van der Waals surface area contributed by atoms with Gasteiger partial charge in [-0.15, -0.1) is 12.4 Å². The molecule has 1 heterocycles. The second-order valence-electron chi connectivity index (χ2n) is 4.58. The van der Waals surface area contributed by atoms with Crippen LogP contribution in [0, 0.1) is 0 Å². The summed E-state index contributed by atoms with van der Waals surface area (Å²) in [4.78, 5) is 0. The fraction of sp³-hybridized carbons (Fsp3) is 1.00. The number of nitrogens with one attached hydrogen (secondary N) is 2. The normalized spacial score (nSPS) is 22.2. The van der Waals surface area contributed by atoms with Crippen LogP contribution in [0.3, 0.4) is 0 Å². The van der Waals surface area contributed by atoms with Crippen LogP contribution in [0.15, 0.2) is 0 Å². The van der Waals surface area contributed by atoms with E-state index >= 15 is 0 Å². The van der Waals surface area contributed by atoms with Gasteiger partial charge in [-0.3, -0.25) is 0 Å². The van der Waals surface area contributed by atoms with E-state index in [9.17, 15) is 8.42 Å². The predicted octanol–water partition coefficient (Wildman–Crippen LogP) is 0.895. The van der Waals surface area contributed by atoms with Gasteiger partial charge in [0.15, 0.2) is 0 Å². The van der Waals surface area contributed by atoms with Gasteiger partial charge in [0, 0.05) is 19.2 Å². The Bertz CT molecular complexity index is 305. The Morgan fingerprint density at radius 1 is 1.39 bits per heavy atom. The van der Waals surface area contributed by atoms with Crippen molar-refractivity contribution in [2.75, 3.05) is 25.4 Å². The third-order valence-corrected chi connectivity index (χ3v) is 4.26. The first-order valence-electron chi connectivity index (χ1n) is 6.36. The van der Waals surface area contributed by atoms with Gasteiger partial charge in [-0.2, -0.15) is 0 Å². The molecule has 1 unspecified atom stereocenters. The molecule has 0 aliphatic carbocycles. The summed E-state index contributed by atoms with van der Waals surface area (Å²) in [5.74, 6) is 0.0891. The van der Waals surface area contributed by atoms with Gasteiger partial charge in [0.05, 0.1) is 11.9 Å². The van der Waals surface area contributed by atoms with E-state index in [1.165, 1.54) is 0 Å². The molecule has 0 amide bonds. The van der Waals surface area contributed by atoms with Crippen LogP contribution in [-0.4, -0.2) is 46.0 Å². The van der Waals surface area contributed by atoms with Crippen molar-refractivity contribution in [2.45, 2.75) is 45.3 Å². The summed E-state index contributed by atoms with van der Waals surface area (Å²) >= 11 is 0. The second kappa shape index (κ2) is 9.09. The van der Waals surface area contributed by atoms with Crippen molar-refractivity contribution in [1.82, 2.24) is 10.0 Å². The number of hydrogen-bond donors (Lipinski definition) is 2. The highest BCUT2D eigenvalue weighted by Gasteiger charge is 2.22. The van der Waals surface area contributed by atoms with E-state index in [4.69, 9.17) is 4.74 Å². The van der Waals surface area contributed by atoms with Crippen molar-refractivity contribution in [3.8, 4) is 0 Å². The smallest absolute Gasteiger partial charge is 0.214 e. The number of hydrogen-bond acceptors (Lipinski definition) is 4. The quantitative estimate of drug-likeness (QED) is 0.733. The molecule has 1 saturated heterocycles. The van der Waals surface area contributed by atoms with Crippen LogP contribution in [0.2, 0.25) is 0 Å². The minimum atomic E-state index is -3.21. The summed E-state index contributed by atoms with van der Waals surface area (Å²) in [6.07, 6.45) is 2.83. The monoisotopic (exact) mass is 300 g/mol. The molecule has 0 bridgehead atoms. The fourth-order valence-electron chi connectivity index (χ4n) is 1.92.